The zero-order chi connectivity index (χ0) is 13.8. The minimum absolute atomic E-state index is 0.693. The van der Waals surface area contributed by atoms with Crippen molar-refractivity contribution in [3.05, 3.63) is 46.0 Å². The summed E-state index contributed by atoms with van der Waals surface area (Å²) in [5, 5.41) is 8.54. The first-order valence-corrected chi connectivity index (χ1v) is 6.82. The fourth-order valence-electron chi connectivity index (χ4n) is 2.01. The van der Waals surface area contributed by atoms with Crippen molar-refractivity contribution in [1.29, 1.82) is 0 Å². The molecule has 0 aliphatic carbocycles. The number of aryl methyl sites for hydroxylation is 3. The Balaban J connectivity index is 2.00. The molecular weight excluding hydrogens is 260 g/mol. The Morgan fingerprint density at radius 1 is 1.32 bits per heavy atom. The molecule has 0 radical (unpaired) electrons. The zero-order valence-electron chi connectivity index (χ0n) is 11.6. The quantitative estimate of drug-likeness (QED) is 0.914. The highest BCUT2D eigenvalue weighted by atomic mass is 35.5. The fraction of sp³-hybridized carbons (Fsp3) is 0.429. The molecule has 0 unspecified atom stereocenters. The van der Waals surface area contributed by atoms with Crippen molar-refractivity contribution in [2.24, 2.45) is 7.05 Å². The molecule has 2 heterocycles. The molecule has 19 heavy (non-hydrogen) atoms. The van der Waals surface area contributed by atoms with Gasteiger partial charge in [-0.1, -0.05) is 24.6 Å². The van der Waals surface area contributed by atoms with Crippen LogP contribution in [0.3, 0.4) is 0 Å². The van der Waals surface area contributed by atoms with E-state index in [0.29, 0.717) is 6.54 Å². The van der Waals surface area contributed by atoms with Crippen molar-refractivity contribution < 1.29 is 0 Å². The minimum Gasteiger partial charge on any atom is -0.305 e. The Bertz CT molecular complexity index is 563. The standard InChI is InChI=1S/C14H19ClN4/c1-4-11-14(15)13(19(3)18-11)9-16-8-12-10(2)6-5-7-17-12/h5-7,16H,4,8-9H2,1-3H3. The molecule has 0 saturated heterocycles. The van der Waals surface area contributed by atoms with Crippen molar-refractivity contribution >= 4 is 11.6 Å². The molecule has 0 amide bonds. The second kappa shape index (κ2) is 6.17. The maximum absolute atomic E-state index is 6.30. The van der Waals surface area contributed by atoms with Crippen LogP contribution in [-0.2, 0) is 26.6 Å². The van der Waals surface area contributed by atoms with Crippen LogP contribution in [0.15, 0.2) is 18.3 Å². The molecule has 0 atom stereocenters. The zero-order valence-corrected chi connectivity index (χ0v) is 12.3. The van der Waals surface area contributed by atoms with Gasteiger partial charge in [0.05, 0.1) is 22.1 Å². The van der Waals surface area contributed by atoms with Gasteiger partial charge in [0, 0.05) is 26.3 Å². The smallest absolute Gasteiger partial charge is 0.0863 e. The first-order chi connectivity index (χ1) is 9.13. The maximum Gasteiger partial charge on any atom is 0.0863 e. The van der Waals surface area contributed by atoms with E-state index in [-0.39, 0.29) is 0 Å². The first kappa shape index (κ1) is 14.0. The van der Waals surface area contributed by atoms with Gasteiger partial charge in [-0.3, -0.25) is 9.67 Å². The number of rotatable bonds is 5. The van der Waals surface area contributed by atoms with Gasteiger partial charge in [-0.15, -0.1) is 0 Å². The number of nitrogens with zero attached hydrogens (tertiary/aromatic N) is 3. The molecule has 2 rings (SSSR count). The van der Waals surface area contributed by atoms with Crippen LogP contribution >= 0.6 is 11.6 Å². The summed E-state index contributed by atoms with van der Waals surface area (Å²) in [6.45, 7) is 5.55. The first-order valence-electron chi connectivity index (χ1n) is 6.45. The van der Waals surface area contributed by atoms with Crippen molar-refractivity contribution in [1.82, 2.24) is 20.1 Å². The van der Waals surface area contributed by atoms with Crippen LogP contribution in [0.4, 0.5) is 0 Å². The average molecular weight is 279 g/mol. The molecule has 102 valence electrons. The van der Waals surface area contributed by atoms with Gasteiger partial charge in [-0.05, 0) is 25.0 Å². The van der Waals surface area contributed by atoms with E-state index in [1.54, 1.807) is 0 Å². The highest BCUT2D eigenvalue weighted by Crippen LogP contribution is 2.20. The number of nitrogens with one attached hydrogen (secondary N) is 1. The summed E-state index contributed by atoms with van der Waals surface area (Å²) in [4.78, 5) is 4.36. The van der Waals surface area contributed by atoms with Crippen LogP contribution < -0.4 is 5.32 Å². The predicted molar refractivity (Wildman–Crippen MR) is 77.1 cm³/mol. The minimum atomic E-state index is 0.693. The van der Waals surface area contributed by atoms with Gasteiger partial charge in [-0.2, -0.15) is 5.10 Å². The van der Waals surface area contributed by atoms with Crippen LogP contribution in [0.5, 0.6) is 0 Å². The molecule has 0 saturated carbocycles. The second-order valence-corrected chi connectivity index (χ2v) is 4.93. The van der Waals surface area contributed by atoms with E-state index in [1.807, 2.05) is 24.0 Å². The number of hydrogen-bond acceptors (Lipinski definition) is 3. The summed E-state index contributed by atoms with van der Waals surface area (Å²) in [5.74, 6) is 0. The largest absolute Gasteiger partial charge is 0.305 e. The summed E-state index contributed by atoms with van der Waals surface area (Å²) in [5.41, 5.74) is 4.24. The molecule has 0 spiro atoms. The van der Waals surface area contributed by atoms with Crippen molar-refractivity contribution in [2.75, 3.05) is 0 Å². The number of aromatic nitrogens is 3. The lowest BCUT2D eigenvalue weighted by molar-refractivity contribution is 0.616. The van der Waals surface area contributed by atoms with E-state index < -0.39 is 0 Å². The Hall–Kier alpha value is -1.39. The predicted octanol–water partition coefficient (Wildman–Crippen LogP) is 2.63. The monoisotopic (exact) mass is 278 g/mol. The molecule has 0 aliphatic rings. The van der Waals surface area contributed by atoms with Crippen LogP contribution in [-0.4, -0.2) is 14.8 Å². The van der Waals surface area contributed by atoms with Crippen LogP contribution in [0.2, 0.25) is 5.02 Å². The SMILES string of the molecule is CCc1nn(C)c(CNCc2ncccc2C)c1Cl. The van der Waals surface area contributed by atoms with Gasteiger partial charge >= 0.3 is 0 Å². The molecule has 0 aromatic carbocycles. The summed E-state index contributed by atoms with van der Waals surface area (Å²) in [7, 11) is 1.92. The van der Waals surface area contributed by atoms with Gasteiger partial charge in [0.15, 0.2) is 0 Å². The van der Waals surface area contributed by atoms with E-state index >= 15 is 0 Å². The summed E-state index contributed by atoms with van der Waals surface area (Å²) < 4.78 is 1.85. The molecule has 2 aromatic rings. The van der Waals surface area contributed by atoms with Crippen molar-refractivity contribution in [3.63, 3.8) is 0 Å². The van der Waals surface area contributed by atoms with Crippen LogP contribution in [0.25, 0.3) is 0 Å². The Morgan fingerprint density at radius 2 is 2.11 bits per heavy atom. The lowest BCUT2D eigenvalue weighted by Gasteiger charge is -2.07. The van der Waals surface area contributed by atoms with Crippen LogP contribution in [0.1, 0.15) is 29.6 Å². The lowest BCUT2D eigenvalue weighted by Crippen LogP contribution is -2.17. The summed E-state index contributed by atoms with van der Waals surface area (Å²) in [6.07, 6.45) is 2.67. The summed E-state index contributed by atoms with van der Waals surface area (Å²) in [6, 6.07) is 4.01. The van der Waals surface area contributed by atoms with E-state index in [4.69, 9.17) is 11.6 Å². The van der Waals surface area contributed by atoms with E-state index in [9.17, 15) is 0 Å². The molecule has 0 aliphatic heterocycles. The van der Waals surface area contributed by atoms with Gasteiger partial charge in [0.25, 0.3) is 0 Å². The highest BCUT2D eigenvalue weighted by molar-refractivity contribution is 6.31. The van der Waals surface area contributed by atoms with Crippen LogP contribution in [0, 0.1) is 6.92 Å². The molecular formula is C14H19ClN4. The third-order valence-corrected chi connectivity index (χ3v) is 3.64. The average Bonchev–Trinajstić information content (AvgIpc) is 2.68. The molecule has 0 fully saturated rings. The molecule has 5 heteroatoms. The Labute approximate surface area is 118 Å². The van der Waals surface area contributed by atoms with Crippen molar-refractivity contribution in [3.8, 4) is 0 Å². The highest BCUT2D eigenvalue weighted by Gasteiger charge is 2.12. The van der Waals surface area contributed by atoms with E-state index in [0.717, 1.165) is 35.1 Å². The summed E-state index contributed by atoms with van der Waals surface area (Å²) >= 11 is 6.30. The number of pyridine rings is 1. The van der Waals surface area contributed by atoms with Gasteiger partial charge in [0.2, 0.25) is 0 Å². The topological polar surface area (TPSA) is 42.7 Å². The van der Waals surface area contributed by atoms with Gasteiger partial charge in [0.1, 0.15) is 0 Å². The van der Waals surface area contributed by atoms with E-state index in [2.05, 4.69) is 35.3 Å². The number of halogens is 1. The molecule has 0 bridgehead atoms. The fourth-order valence-corrected chi connectivity index (χ4v) is 2.38. The lowest BCUT2D eigenvalue weighted by atomic mass is 10.2. The normalized spacial score (nSPS) is 10.9. The van der Waals surface area contributed by atoms with E-state index in [1.165, 1.54) is 5.56 Å². The number of hydrogen-bond donors (Lipinski definition) is 1. The molecule has 4 nitrogen and oxygen atoms in total. The second-order valence-electron chi connectivity index (χ2n) is 4.56. The molecule has 2 aromatic heterocycles. The Morgan fingerprint density at radius 3 is 2.74 bits per heavy atom. The van der Waals surface area contributed by atoms with Gasteiger partial charge < -0.3 is 5.32 Å². The third kappa shape index (κ3) is 3.14. The van der Waals surface area contributed by atoms with Gasteiger partial charge in [-0.25, -0.2) is 0 Å². The maximum atomic E-state index is 6.30. The van der Waals surface area contributed by atoms with Crippen molar-refractivity contribution in [2.45, 2.75) is 33.4 Å². The third-order valence-electron chi connectivity index (χ3n) is 3.21. The Kier molecular flexibility index (Phi) is 4.56. The molecule has 1 N–H and O–H groups in total.